The van der Waals surface area contributed by atoms with Crippen molar-refractivity contribution in [2.45, 2.75) is 12.8 Å². The molecular formula is C14H10ClFN2OS. The Morgan fingerprint density at radius 1 is 1.40 bits per heavy atom. The van der Waals surface area contributed by atoms with E-state index in [0.29, 0.717) is 5.69 Å². The van der Waals surface area contributed by atoms with Crippen molar-refractivity contribution < 1.29 is 9.18 Å². The summed E-state index contributed by atoms with van der Waals surface area (Å²) in [5.41, 5.74) is 0.939. The largest absolute Gasteiger partial charge is 0.299 e. The highest BCUT2D eigenvalue weighted by atomic mass is 35.5. The number of nitrogens with zero attached hydrogens (tertiary/aromatic N) is 2. The van der Waals surface area contributed by atoms with E-state index in [4.69, 9.17) is 11.6 Å². The normalized spacial score (nSPS) is 11.1. The first-order chi connectivity index (χ1) is 9.63. The van der Waals surface area contributed by atoms with E-state index in [1.54, 1.807) is 6.07 Å². The minimum atomic E-state index is -0.448. The van der Waals surface area contributed by atoms with E-state index in [1.165, 1.54) is 23.5 Å². The Morgan fingerprint density at radius 3 is 3.00 bits per heavy atom. The third-order valence-electron chi connectivity index (χ3n) is 2.96. The van der Waals surface area contributed by atoms with E-state index in [1.807, 2.05) is 22.2 Å². The van der Waals surface area contributed by atoms with E-state index >= 15 is 0 Å². The first kappa shape index (κ1) is 13.3. The number of rotatable bonds is 4. The standard InChI is InChI=1S/C14H10ClFN2OS/c15-12-2-1-3-13(16)11(12)7-10(19)6-9-8-18-4-5-20-14(18)17-9/h1-5,8H,6-7H2. The van der Waals surface area contributed by atoms with Crippen LogP contribution in [0.2, 0.25) is 5.02 Å². The molecule has 20 heavy (non-hydrogen) atoms. The smallest absolute Gasteiger partial charge is 0.193 e. The number of benzene rings is 1. The summed E-state index contributed by atoms with van der Waals surface area (Å²) in [5, 5.41) is 2.21. The Labute approximate surface area is 123 Å². The number of hydrogen-bond donors (Lipinski definition) is 0. The van der Waals surface area contributed by atoms with Gasteiger partial charge in [-0.1, -0.05) is 17.7 Å². The van der Waals surface area contributed by atoms with E-state index in [9.17, 15) is 9.18 Å². The Bertz CT molecular complexity index is 732. The number of hydrogen-bond acceptors (Lipinski definition) is 3. The summed E-state index contributed by atoms with van der Waals surface area (Å²) in [5.74, 6) is -0.556. The van der Waals surface area contributed by atoms with Crippen molar-refractivity contribution in [2.24, 2.45) is 0 Å². The molecule has 6 heteroatoms. The molecule has 0 aliphatic heterocycles. The maximum absolute atomic E-state index is 13.6. The van der Waals surface area contributed by atoms with Crippen molar-refractivity contribution in [2.75, 3.05) is 0 Å². The number of aromatic nitrogens is 2. The second kappa shape index (κ2) is 5.34. The molecule has 0 aliphatic carbocycles. The van der Waals surface area contributed by atoms with Crippen LogP contribution in [-0.2, 0) is 17.6 Å². The van der Waals surface area contributed by atoms with Crippen LogP contribution in [0.4, 0.5) is 4.39 Å². The summed E-state index contributed by atoms with van der Waals surface area (Å²) in [6, 6.07) is 4.41. The quantitative estimate of drug-likeness (QED) is 0.739. The maximum Gasteiger partial charge on any atom is 0.193 e. The third-order valence-corrected chi connectivity index (χ3v) is 4.08. The van der Waals surface area contributed by atoms with Gasteiger partial charge < -0.3 is 0 Å². The predicted octanol–water partition coefficient (Wildman–Crippen LogP) is 3.54. The molecule has 3 aromatic rings. The summed E-state index contributed by atoms with van der Waals surface area (Å²) < 4.78 is 15.5. The molecule has 0 amide bonds. The van der Waals surface area contributed by atoms with Gasteiger partial charge in [0.2, 0.25) is 0 Å². The van der Waals surface area contributed by atoms with Gasteiger partial charge in [-0.05, 0) is 12.1 Å². The zero-order chi connectivity index (χ0) is 14.1. The molecule has 0 bridgehead atoms. The van der Waals surface area contributed by atoms with Gasteiger partial charge in [-0.3, -0.25) is 9.20 Å². The number of carbonyl (C=O) groups is 1. The van der Waals surface area contributed by atoms with Gasteiger partial charge >= 0.3 is 0 Å². The van der Waals surface area contributed by atoms with Gasteiger partial charge in [-0.2, -0.15) is 0 Å². The van der Waals surface area contributed by atoms with Crippen molar-refractivity contribution in [3.05, 3.63) is 58.1 Å². The van der Waals surface area contributed by atoms with Crippen LogP contribution in [0.5, 0.6) is 0 Å². The van der Waals surface area contributed by atoms with Crippen LogP contribution in [0.3, 0.4) is 0 Å². The number of thiazole rings is 1. The summed E-state index contributed by atoms with van der Waals surface area (Å²) >= 11 is 7.42. The van der Waals surface area contributed by atoms with Crippen LogP contribution >= 0.6 is 22.9 Å². The molecule has 3 rings (SSSR count). The molecule has 3 nitrogen and oxygen atoms in total. The third kappa shape index (κ3) is 2.59. The van der Waals surface area contributed by atoms with Gasteiger partial charge in [0.1, 0.15) is 11.6 Å². The Kier molecular flexibility index (Phi) is 3.54. The first-order valence-corrected chi connectivity index (χ1v) is 7.25. The van der Waals surface area contributed by atoms with Crippen LogP contribution in [0.25, 0.3) is 4.96 Å². The average Bonchev–Trinajstić information content (AvgIpc) is 2.94. The first-order valence-electron chi connectivity index (χ1n) is 5.99. The molecular weight excluding hydrogens is 299 g/mol. The van der Waals surface area contributed by atoms with E-state index in [2.05, 4.69) is 4.98 Å². The summed E-state index contributed by atoms with van der Waals surface area (Å²) in [7, 11) is 0. The van der Waals surface area contributed by atoms with Gasteiger partial charge in [-0.15, -0.1) is 11.3 Å². The molecule has 0 atom stereocenters. The van der Waals surface area contributed by atoms with Crippen molar-refractivity contribution >= 4 is 33.7 Å². The highest BCUT2D eigenvalue weighted by Crippen LogP contribution is 2.20. The molecule has 0 saturated heterocycles. The zero-order valence-corrected chi connectivity index (χ0v) is 11.9. The van der Waals surface area contributed by atoms with Crippen molar-refractivity contribution in [1.29, 1.82) is 0 Å². The second-order valence-electron chi connectivity index (χ2n) is 4.42. The van der Waals surface area contributed by atoms with E-state index in [0.717, 1.165) is 4.96 Å². The SMILES string of the molecule is O=C(Cc1cn2ccsc2n1)Cc1c(F)cccc1Cl. The summed E-state index contributed by atoms with van der Waals surface area (Å²) in [4.78, 5) is 17.2. The lowest BCUT2D eigenvalue weighted by molar-refractivity contribution is -0.117. The molecule has 102 valence electrons. The average molecular weight is 309 g/mol. The number of ketones is 1. The van der Waals surface area contributed by atoms with Crippen LogP contribution < -0.4 is 0 Å². The number of fused-ring (bicyclic) bond motifs is 1. The Morgan fingerprint density at radius 2 is 2.25 bits per heavy atom. The van der Waals surface area contributed by atoms with Gasteiger partial charge in [0.05, 0.1) is 12.1 Å². The van der Waals surface area contributed by atoms with Crippen LogP contribution in [0, 0.1) is 5.82 Å². The van der Waals surface area contributed by atoms with Crippen molar-refractivity contribution in [3.8, 4) is 0 Å². The van der Waals surface area contributed by atoms with Gasteiger partial charge in [0, 0.05) is 34.8 Å². The molecule has 0 N–H and O–H groups in total. The Balaban J connectivity index is 1.75. The maximum atomic E-state index is 13.6. The molecule has 2 aromatic heterocycles. The number of halogens is 2. The molecule has 0 spiro atoms. The van der Waals surface area contributed by atoms with Gasteiger partial charge in [0.25, 0.3) is 0 Å². The van der Waals surface area contributed by atoms with E-state index < -0.39 is 5.82 Å². The fourth-order valence-electron chi connectivity index (χ4n) is 2.02. The molecule has 0 radical (unpaired) electrons. The molecule has 0 aliphatic rings. The van der Waals surface area contributed by atoms with Crippen LogP contribution in [-0.4, -0.2) is 15.2 Å². The van der Waals surface area contributed by atoms with Crippen molar-refractivity contribution in [3.63, 3.8) is 0 Å². The lowest BCUT2D eigenvalue weighted by Crippen LogP contribution is -2.08. The highest BCUT2D eigenvalue weighted by molar-refractivity contribution is 7.15. The molecule has 2 heterocycles. The predicted molar refractivity (Wildman–Crippen MR) is 76.9 cm³/mol. The molecule has 0 unspecified atom stereocenters. The Hall–Kier alpha value is -1.72. The fourth-order valence-corrected chi connectivity index (χ4v) is 2.97. The monoisotopic (exact) mass is 308 g/mol. The zero-order valence-electron chi connectivity index (χ0n) is 10.3. The number of carbonyl (C=O) groups excluding carboxylic acids is 1. The van der Waals surface area contributed by atoms with Crippen LogP contribution in [0.1, 0.15) is 11.3 Å². The molecule has 0 saturated carbocycles. The van der Waals surface area contributed by atoms with Gasteiger partial charge in [-0.25, -0.2) is 9.37 Å². The highest BCUT2D eigenvalue weighted by Gasteiger charge is 2.14. The minimum absolute atomic E-state index is 0.0172. The van der Waals surface area contributed by atoms with E-state index in [-0.39, 0.29) is 29.2 Å². The summed E-state index contributed by atoms with van der Waals surface area (Å²) in [6.07, 6.45) is 3.86. The number of imidazole rings is 1. The minimum Gasteiger partial charge on any atom is -0.299 e. The van der Waals surface area contributed by atoms with Gasteiger partial charge in [0.15, 0.2) is 4.96 Å². The number of Topliss-reactive ketones (excluding diaryl/α,β-unsaturated/α-hetero) is 1. The summed E-state index contributed by atoms with van der Waals surface area (Å²) in [6.45, 7) is 0. The molecule has 1 aromatic carbocycles. The topological polar surface area (TPSA) is 34.4 Å². The molecule has 0 fully saturated rings. The lowest BCUT2D eigenvalue weighted by atomic mass is 10.1. The van der Waals surface area contributed by atoms with Crippen LogP contribution in [0.15, 0.2) is 36.0 Å². The lowest BCUT2D eigenvalue weighted by Gasteiger charge is -2.04. The second-order valence-corrected chi connectivity index (χ2v) is 5.70. The fraction of sp³-hybridized carbons (Fsp3) is 0.143. The van der Waals surface area contributed by atoms with Crippen molar-refractivity contribution in [1.82, 2.24) is 9.38 Å².